The molecule has 0 N–H and O–H groups in total. The van der Waals surface area contributed by atoms with Gasteiger partial charge in [-0.25, -0.2) is 8.42 Å². The first-order valence-electron chi connectivity index (χ1n) is 6.66. The van der Waals surface area contributed by atoms with Crippen LogP contribution in [0.1, 0.15) is 51.4 Å². The summed E-state index contributed by atoms with van der Waals surface area (Å²) in [5.41, 5.74) is 0. The van der Waals surface area contributed by atoms with Crippen LogP contribution < -0.4 is 29.6 Å². The van der Waals surface area contributed by atoms with Gasteiger partial charge in [-0.2, -0.15) is 0 Å². The summed E-state index contributed by atoms with van der Waals surface area (Å²) in [4.78, 5) is 11.2. The largest absolute Gasteiger partial charge is 1.00 e. The first kappa shape index (κ1) is 22.4. The first-order valence-corrected chi connectivity index (χ1v) is 8.23. The van der Waals surface area contributed by atoms with E-state index in [1.54, 1.807) is 0 Å². The maximum Gasteiger partial charge on any atom is 1.00 e. The molecule has 112 valence electrons. The van der Waals surface area contributed by atoms with Crippen molar-refractivity contribution in [3.8, 4) is 0 Å². The minimum Gasteiger partial charge on any atom is -0.748 e. The van der Waals surface area contributed by atoms with E-state index in [9.17, 15) is 17.8 Å². The van der Waals surface area contributed by atoms with Gasteiger partial charge in [-0.3, -0.25) is 4.79 Å². The van der Waals surface area contributed by atoms with Crippen LogP contribution >= 0.6 is 0 Å². The van der Waals surface area contributed by atoms with Crippen molar-refractivity contribution >= 4 is 16.1 Å². The van der Waals surface area contributed by atoms with Crippen molar-refractivity contribution < 1.29 is 52.1 Å². The summed E-state index contributed by atoms with van der Waals surface area (Å²) < 4.78 is 35.4. The Morgan fingerprint density at radius 3 is 2.20 bits per heavy atom. The second-order valence-corrected chi connectivity index (χ2v) is 5.95. The molecule has 0 amide bonds. The van der Waals surface area contributed by atoms with E-state index in [-0.39, 0.29) is 42.6 Å². The molecule has 0 rings (SSSR count). The zero-order chi connectivity index (χ0) is 14.6. The SMILES string of the molecule is C=CCCCCCCCCC(=O)OCCS(=O)(=O)[O-].[Na+]. The number of hydrogen-bond donors (Lipinski definition) is 0. The Morgan fingerprint density at radius 2 is 1.65 bits per heavy atom. The molecule has 0 heterocycles. The molecule has 0 aliphatic carbocycles. The summed E-state index contributed by atoms with van der Waals surface area (Å²) >= 11 is 0. The van der Waals surface area contributed by atoms with Gasteiger partial charge in [0, 0.05) is 6.42 Å². The molecule has 0 saturated heterocycles. The van der Waals surface area contributed by atoms with Gasteiger partial charge in [0.2, 0.25) is 0 Å². The third kappa shape index (κ3) is 18.1. The fourth-order valence-electron chi connectivity index (χ4n) is 1.59. The average Bonchev–Trinajstić information content (AvgIpc) is 2.31. The number of hydrogen-bond acceptors (Lipinski definition) is 5. The first-order chi connectivity index (χ1) is 8.95. The van der Waals surface area contributed by atoms with Crippen molar-refractivity contribution in [2.75, 3.05) is 12.4 Å². The number of allylic oxidation sites excluding steroid dienone is 1. The van der Waals surface area contributed by atoms with E-state index in [4.69, 9.17) is 0 Å². The smallest absolute Gasteiger partial charge is 0.748 e. The normalized spacial score (nSPS) is 10.7. The minimum absolute atomic E-state index is 0. The van der Waals surface area contributed by atoms with E-state index in [1.807, 2.05) is 6.08 Å². The van der Waals surface area contributed by atoms with E-state index in [1.165, 1.54) is 6.42 Å². The van der Waals surface area contributed by atoms with Crippen molar-refractivity contribution in [1.82, 2.24) is 0 Å². The quantitative estimate of drug-likeness (QED) is 0.158. The number of rotatable bonds is 12. The number of carbonyl (C=O) groups is 1. The van der Waals surface area contributed by atoms with Crippen LogP contribution in [-0.2, 0) is 19.6 Å². The Bertz CT molecular complexity index is 354. The fourth-order valence-corrected chi connectivity index (χ4v) is 1.88. The molecule has 0 atom stereocenters. The Labute approximate surface area is 144 Å². The van der Waals surface area contributed by atoms with Gasteiger partial charge in [-0.1, -0.05) is 31.8 Å². The van der Waals surface area contributed by atoms with Crippen molar-refractivity contribution in [2.24, 2.45) is 0 Å². The number of esters is 1. The van der Waals surface area contributed by atoms with Crippen molar-refractivity contribution in [1.29, 1.82) is 0 Å². The summed E-state index contributed by atoms with van der Waals surface area (Å²) in [7, 11) is -4.29. The summed E-state index contributed by atoms with van der Waals surface area (Å²) in [6.07, 6.45) is 9.52. The zero-order valence-corrected chi connectivity index (χ0v) is 15.1. The Balaban J connectivity index is 0. The van der Waals surface area contributed by atoms with Gasteiger partial charge in [-0.15, -0.1) is 6.58 Å². The minimum atomic E-state index is -4.29. The average molecular weight is 314 g/mol. The molecule has 0 saturated carbocycles. The number of ether oxygens (including phenoxy) is 1. The van der Waals surface area contributed by atoms with E-state index in [0.717, 1.165) is 38.5 Å². The third-order valence-electron chi connectivity index (χ3n) is 2.64. The predicted octanol–water partition coefficient (Wildman–Crippen LogP) is -0.614. The second kappa shape index (κ2) is 14.1. The molecule has 0 radical (unpaired) electrons. The topological polar surface area (TPSA) is 83.5 Å². The molecule has 0 fully saturated rings. The van der Waals surface area contributed by atoms with Crippen molar-refractivity contribution in [3.05, 3.63) is 12.7 Å². The molecule has 5 nitrogen and oxygen atoms in total. The molecule has 7 heteroatoms. The monoisotopic (exact) mass is 314 g/mol. The van der Waals surface area contributed by atoms with Crippen LogP contribution in [0.5, 0.6) is 0 Å². The van der Waals surface area contributed by atoms with Gasteiger partial charge in [0.1, 0.15) is 6.61 Å². The Kier molecular flexibility index (Phi) is 15.8. The third-order valence-corrected chi connectivity index (χ3v) is 3.30. The molecular formula is C13H23NaO5S. The van der Waals surface area contributed by atoms with Crippen LogP contribution in [0, 0.1) is 0 Å². The molecule has 20 heavy (non-hydrogen) atoms. The predicted molar refractivity (Wildman–Crippen MR) is 72.7 cm³/mol. The maximum absolute atomic E-state index is 11.2. The van der Waals surface area contributed by atoms with Crippen molar-refractivity contribution in [3.63, 3.8) is 0 Å². The van der Waals surface area contributed by atoms with Gasteiger partial charge in [0.15, 0.2) is 0 Å². The molecule has 0 aliphatic rings. The summed E-state index contributed by atoms with van der Waals surface area (Å²) in [6.45, 7) is 3.32. The van der Waals surface area contributed by atoms with Crippen LogP contribution in [0.3, 0.4) is 0 Å². The van der Waals surface area contributed by atoms with E-state index >= 15 is 0 Å². The molecule has 0 unspecified atom stereocenters. The van der Waals surface area contributed by atoms with Gasteiger partial charge >= 0.3 is 35.5 Å². The molecule has 0 aromatic heterocycles. The summed E-state index contributed by atoms with van der Waals surface area (Å²) in [5, 5.41) is 0. The molecule has 0 bridgehead atoms. The molecular weight excluding hydrogens is 291 g/mol. The van der Waals surface area contributed by atoms with Gasteiger partial charge in [0.05, 0.1) is 15.9 Å². The fraction of sp³-hybridized carbons (Fsp3) is 0.769. The van der Waals surface area contributed by atoms with E-state index in [2.05, 4.69) is 11.3 Å². The molecule has 0 spiro atoms. The van der Waals surface area contributed by atoms with Crippen LogP contribution in [0.15, 0.2) is 12.7 Å². The van der Waals surface area contributed by atoms with Crippen LogP contribution in [0.2, 0.25) is 0 Å². The van der Waals surface area contributed by atoms with Gasteiger partial charge < -0.3 is 9.29 Å². The van der Waals surface area contributed by atoms with E-state index in [0.29, 0.717) is 0 Å². The summed E-state index contributed by atoms with van der Waals surface area (Å²) in [5.74, 6) is -1.09. The number of unbranched alkanes of at least 4 members (excludes halogenated alkanes) is 6. The van der Waals surface area contributed by atoms with Crippen LogP contribution in [-0.4, -0.2) is 31.3 Å². The zero-order valence-electron chi connectivity index (χ0n) is 12.3. The number of carbonyl (C=O) groups excluding carboxylic acids is 1. The van der Waals surface area contributed by atoms with Gasteiger partial charge in [-0.05, 0) is 19.3 Å². The van der Waals surface area contributed by atoms with Crippen LogP contribution in [0.4, 0.5) is 0 Å². The van der Waals surface area contributed by atoms with E-state index < -0.39 is 21.8 Å². The maximum atomic E-state index is 11.2. The Hall–Kier alpha value is 0.120. The molecule has 0 aromatic rings. The standard InChI is InChI=1S/C13H24O5S.Na/c1-2-3-4-5-6-7-8-9-10-13(14)18-11-12-19(15,16)17;/h2H,1,3-12H2,(H,15,16,17);/q;+1/p-1. The Morgan fingerprint density at radius 1 is 1.10 bits per heavy atom. The molecule has 0 aliphatic heterocycles. The van der Waals surface area contributed by atoms with Crippen molar-refractivity contribution in [2.45, 2.75) is 51.4 Å². The van der Waals surface area contributed by atoms with Crippen LogP contribution in [0.25, 0.3) is 0 Å². The second-order valence-electron chi connectivity index (χ2n) is 4.43. The van der Waals surface area contributed by atoms with Gasteiger partial charge in [0.25, 0.3) is 0 Å². The molecule has 0 aromatic carbocycles. The summed E-state index contributed by atoms with van der Waals surface area (Å²) in [6, 6.07) is 0.